The minimum atomic E-state index is -0.500. The number of nitrogens with zero attached hydrogens (tertiary/aromatic N) is 1. The lowest BCUT2D eigenvalue weighted by Gasteiger charge is -2.35. The molecule has 0 amide bonds. The number of allylic oxidation sites excluding steroid dienone is 2. The number of fused-ring (bicyclic) bond motifs is 9. The highest BCUT2D eigenvalue weighted by Gasteiger charge is 2.47. The van der Waals surface area contributed by atoms with E-state index in [4.69, 9.17) is 0 Å². The summed E-state index contributed by atoms with van der Waals surface area (Å²) in [7, 11) is 0. The van der Waals surface area contributed by atoms with Gasteiger partial charge >= 0.3 is 0 Å². The summed E-state index contributed by atoms with van der Waals surface area (Å²) in [6.07, 6.45) is 9.12. The van der Waals surface area contributed by atoms with Crippen LogP contribution in [0.3, 0.4) is 0 Å². The summed E-state index contributed by atoms with van der Waals surface area (Å²) in [6, 6.07) is 79.3. The zero-order valence-corrected chi connectivity index (χ0v) is 35.3. The smallest absolute Gasteiger partial charge is 0.0714 e. The van der Waals surface area contributed by atoms with E-state index in [0.29, 0.717) is 0 Å². The molecule has 1 nitrogen and oxygen atoms in total. The van der Waals surface area contributed by atoms with Crippen LogP contribution in [0.2, 0.25) is 0 Å². The molecular weight excluding hydrogens is 759 g/mol. The lowest BCUT2D eigenvalue weighted by Crippen LogP contribution is -2.28. The van der Waals surface area contributed by atoms with Crippen LogP contribution >= 0.6 is 0 Å². The van der Waals surface area contributed by atoms with Gasteiger partial charge in [-0.05, 0) is 144 Å². The van der Waals surface area contributed by atoms with Crippen molar-refractivity contribution >= 4 is 39.5 Å². The summed E-state index contributed by atoms with van der Waals surface area (Å²) in [5, 5.41) is 2.48. The van der Waals surface area contributed by atoms with Crippen molar-refractivity contribution in [3.05, 3.63) is 269 Å². The van der Waals surface area contributed by atoms with Gasteiger partial charge in [-0.3, -0.25) is 0 Å². The predicted octanol–water partition coefficient (Wildman–Crippen LogP) is 16.2. The number of anilines is 3. The molecule has 0 radical (unpaired) electrons. The van der Waals surface area contributed by atoms with Gasteiger partial charge in [-0.25, -0.2) is 0 Å². The van der Waals surface area contributed by atoms with E-state index < -0.39 is 5.41 Å². The quantitative estimate of drug-likeness (QED) is 0.109. The molecule has 3 aliphatic carbocycles. The third kappa shape index (κ3) is 5.76. The van der Waals surface area contributed by atoms with Crippen molar-refractivity contribution in [2.45, 2.75) is 36.5 Å². The van der Waals surface area contributed by atoms with Gasteiger partial charge < -0.3 is 4.90 Å². The van der Waals surface area contributed by atoms with Crippen LogP contribution in [0, 0.1) is 0 Å². The molecule has 9 aromatic carbocycles. The van der Waals surface area contributed by atoms with Crippen LogP contribution in [0.15, 0.2) is 225 Å². The summed E-state index contributed by atoms with van der Waals surface area (Å²) >= 11 is 0. The molecule has 0 aromatic heterocycles. The van der Waals surface area contributed by atoms with E-state index in [1.807, 2.05) is 6.08 Å². The first-order valence-corrected chi connectivity index (χ1v) is 22.5. The third-order valence-electron chi connectivity index (χ3n) is 14.4. The van der Waals surface area contributed by atoms with Crippen LogP contribution in [0.4, 0.5) is 17.1 Å². The fraction of sp³-hybridized carbons (Fsp3) is 0.0968. The first kappa shape index (κ1) is 37.3. The van der Waals surface area contributed by atoms with Crippen LogP contribution in [-0.2, 0) is 10.8 Å². The van der Waals surface area contributed by atoms with Gasteiger partial charge in [-0.1, -0.05) is 195 Å². The summed E-state index contributed by atoms with van der Waals surface area (Å²) in [5.41, 5.74) is 19.9. The van der Waals surface area contributed by atoms with Gasteiger partial charge in [0, 0.05) is 22.5 Å². The Hall–Kier alpha value is -7.48. The normalized spacial score (nSPS) is 15.1. The Kier molecular flexibility index (Phi) is 8.80. The van der Waals surface area contributed by atoms with Crippen LogP contribution < -0.4 is 4.90 Å². The largest absolute Gasteiger partial charge is 0.310 e. The Bertz CT molecular complexity index is 3200. The fourth-order valence-corrected chi connectivity index (χ4v) is 11.7. The van der Waals surface area contributed by atoms with Gasteiger partial charge in [0.2, 0.25) is 0 Å². The Morgan fingerprint density at radius 3 is 1.62 bits per heavy atom. The fourth-order valence-electron chi connectivity index (χ4n) is 11.7. The standard InChI is InChI=1S/C62H47N/c1-2-44(39-43-27-28-45-17-9-10-18-47(45)40-43)46-29-31-50(32-30-46)63(51-33-35-55-53-23-11-13-25-57(53)61(59(55)41-51)37-15-16-38-61)52-34-36-56-54-24-12-14-26-58(54)62(60(56)42-52,48-19-5-3-6-20-48)49-21-7-4-8-22-49/h2-14,17-36,39-42H,1,15-16,37-38H2/b44-39+. The minimum absolute atomic E-state index is 0.0548. The zero-order valence-electron chi connectivity index (χ0n) is 35.3. The topological polar surface area (TPSA) is 3.24 Å². The average molecular weight is 806 g/mol. The molecule has 300 valence electrons. The molecule has 12 rings (SSSR count). The highest BCUT2D eigenvalue weighted by atomic mass is 15.1. The van der Waals surface area contributed by atoms with Gasteiger partial charge in [-0.2, -0.15) is 0 Å². The predicted molar refractivity (Wildman–Crippen MR) is 265 cm³/mol. The van der Waals surface area contributed by atoms with Crippen molar-refractivity contribution in [2.75, 3.05) is 4.90 Å². The summed E-state index contributed by atoms with van der Waals surface area (Å²) < 4.78 is 0. The van der Waals surface area contributed by atoms with Crippen molar-refractivity contribution in [1.82, 2.24) is 0 Å². The second-order valence-corrected chi connectivity index (χ2v) is 17.6. The van der Waals surface area contributed by atoms with E-state index in [1.165, 1.54) is 97.8 Å². The number of hydrogen-bond donors (Lipinski definition) is 0. The Morgan fingerprint density at radius 2 is 0.952 bits per heavy atom. The Morgan fingerprint density at radius 1 is 0.429 bits per heavy atom. The van der Waals surface area contributed by atoms with Gasteiger partial charge in [0.25, 0.3) is 0 Å². The van der Waals surface area contributed by atoms with E-state index in [-0.39, 0.29) is 5.41 Å². The van der Waals surface area contributed by atoms with Gasteiger partial charge in [-0.15, -0.1) is 0 Å². The van der Waals surface area contributed by atoms with E-state index in [1.54, 1.807) is 0 Å². The van der Waals surface area contributed by atoms with Crippen LogP contribution in [0.25, 0.3) is 44.7 Å². The first-order chi connectivity index (χ1) is 31.2. The molecule has 63 heavy (non-hydrogen) atoms. The molecule has 1 fully saturated rings. The summed E-state index contributed by atoms with van der Waals surface area (Å²) in [4.78, 5) is 2.50. The number of hydrogen-bond acceptors (Lipinski definition) is 1. The average Bonchev–Trinajstić information content (AvgIpc) is 4.04. The van der Waals surface area contributed by atoms with Crippen LogP contribution in [0.1, 0.15) is 70.2 Å². The third-order valence-corrected chi connectivity index (χ3v) is 14.4. The van der Waals surface area contributed by atoms with E-state index >= 15 is 0 Å². The molecule has 1 saturated carbocycles. The summed E-state index contributed by atoms with van der Waals surface area (Å²) in [5.74, 6) is 0. The maximum atomic E-state index is 4.27. The lowest BCUT2D eigenvalue weighted by atomic mass is 9.67. The van der Waals surface area contributed by atoms with Crippen molar-refractivity contribution < 1.29 is 0 Å². The molecule has 0 atom stereocenters. The number of rotatable bonds is 8. The molecular formula is C62H47N. The second-order valence-electron chi connectivity index (χ2n) is 17.6. The van der Waals surface area contributed by atoms with Crippen LogP contribution in [-0.4, -0.2) is 0 Å². The van der Waals surface area contributed by atoms with Crippen molar-refractivity contribution in [3.8, 4) is 22.3 Å². The molecule has 3 aliphatic rings. The van der Waals surface area contributed by atoms with E-state index in [2.05, 4.69) is 230 Å². The maximum Gasteiger partial charge on any atom is 0.0714 e. The molecule has 0 unspecified atom stereocenters. The van der Waals surface area contributed by atoms with Gasteiger partial charge in [0.15, 0.2) is 0 Å². The first-order valence-electron chi connectivity index (χ1n) is 22.5. The monoisotopic (exact) mass is 805 g/mol. The van der Waals surface area contributed by atoms with Crippen molar-refractivity contribution in [1.29, 1.82) is 0 Å². The number of benzene rings is 9. The second kappa shape index (κ2) is 14.9. The van der Waals surface area contributed by atoms with E-state index in [9.17, 15) is 0 Å². The lowest BCUT2D eigenvalue weighted by molar-refractivity contribution is 0.550. The minimum Gasteiger partial charge on any atom is -0.310 e. The molecule has 0 saturated heterocycles. The van der Waals surface area contributed by atoms with Crippen molar-refractivity contribution in [3.63, 3.8) is 0 Å². The molecule has 1 heteroatoms. The SMILES string of the molecule is C=C/C(=C\c1ccc2ccccc2c1)c1ccc(N(c2ccc3c(c2)C2(CCCC2)c2ccccc2-3)c2ccc3c(c2)C(c2ccccc2)(c2ccccc2)c2ccccc2-3)cc1. The van der Waals surface area contributed by atoms with Crippen LogP contribution in [0.5, 0.6) is 0 Å². The molecule has 0 aliphatic heterocycles. The zero-order chi connectivity index (χ0) is 42.0. The highest BCUT2D eigenvalue weighted by molar-refractivity contribution is 5.93. The van der Waals surface area contributed by atoms with Gasteiger partial charge in [0.05, 0.1) is 5.41 Å². The summed E-state index contributed by atoms with van der Waals surface area (Å²) in [6.45, 7) is 4.27. The van der Waals surface area contributed by atoms with E-state index in [0.717, 1.165) is 28.1 Å². The molecule has 0 N–H and O–H groups in total. The maximum absolute atomic E-state index is 4.27. The molecule has 1 spiro atoms. The van der Waals surface area contributed by atoms with Gasteiger partial charge in [0.1, 0.15) is 0 Å². The molecule has 0 bridgehead atoms. The van der Waals surface area contributed by atoms with Crippen molar-refractivity contribution in [2.24, 2.45) is 0 Å². The Labute approximate surface area is 371 Å². The molecule has 9 aromatic rings. The highest BCUT2D eigenvalue weighted by Crippen LogP contribution is 2.59. The molecule has 0 heterocycles. The Balaban J connectivity index is 1.05.